The van der Waals surface area contributed by atoms with Crippen molar-refractivity contribution in [2.45, 2.75) is 19.2 Å². The van der Waals surface area contributed by atoms with Crippen molar-refractivity contribution in [2.24, 2.45) is 5.10 Å². The number of hydrogen-bond acceptors (Lipinski definition) is 5. The quantitative estimate of drug-likeness (QED) is 0.547. The number of amides is 2. The summed E-state index contributed by atoms with van der Waals surface area (Å²) in [5.41, 5.74) is 2.34. The molecular weight excluding hydrogens is 449 g/mol. The molecule has 1 unspecified atom stereocenters. The molecule has 4 rings (SSSR count). The van der Waals surface area contributed by atoms with Crippen LogP contribution in [0.4, 0.5) is 23.7 Å². The number of ether oxygens (including phenoxy) is 1. The van der Waals surface area contributed by atoms with Crippen molar-refractivity contribution in [3.63, 3.8) is 0 Å². The normalized spacial score (nSPS) is 16.1. The van der Waals surface area contributed by atoms with Crippen molar-refractivity contribution in [2.75, 3.05) is 11.9 Å². The van der Waals surface area contributed by atoms with Gasteiger partial charge in [0, 0.05) is 16.8 Å². The molecule has 1 atom stereocenters. The first-order valence-corrected chi connectivity index (χ1v) is 9.78. The Morgan fingerprint density at radius 3 is 2.47 bits per heavy atom. The summed E-state index contributed by atoms with van der Waals surface area (Å²) in [6.07, 6.45) is -4.79. The fourth-order valence-corrected chi connectivity index (χ4v) is 3.33. The van der Waals surface area contributed by atoms with E-state index in [9.17, 15) is 18.0 Å². The van der Waals surface area contributed by atoms with Gasteiger partial charge in [0.15, 0.2) is 0 Å². The summed E-state index contributed by atoms with van der Waals surface area (Å²) in [5.74, 6) is -0.189. The number of halogens is 4. The van der Waals surface area contributed by atoms with E-state index in [0.717, 1.165) is 17.7 Å². The van der Waals surface area contributed by atoms with Gasteiger partial charge in [0.05, 0.1) is 23.9 Å². The molecule has 7 nitrogen and oxygen atoms in total. The van der Waals surface area contributed by atoms with Crippen LogP contribution < -0.4 is 10.1 Å². The van der Waals surface area contributed by atoms with Crippen LogP contribution >= 0.6 is 11.6 Å². The van der Waals surface area contributed by atoms with Crippen LogP contribution in [-0.4, -0.2) is 34.8 Å². The van der Waals surface area contributed by atoms with E-state index in [1.165, 1.54) is 17.1 Å². The van der Waals surface area contributed by atoms with E-state index in [-0.39, 0.29) is 23.9 Å². The lowest BCUT2D eigenvalue weighted by Crippen LogP contribution is -2.30. The second-order valence-corrected chi connectivity index (χ2v) is 7.44. The first kappa shape index (κ1) is 21.7. The predicted octanol–water partition coefficient (Wildman–Crippen LogP) is 5.57. The number of anilines is 1. The van der Waals surface area contributed by atoms with Gasteiger partial charge in [-0.1, -0.05) is 28.9 Å². The van der Waals surface area contributed by atoms with Crippen molar-refractivity contribution in [1.29, 1.82) is 0 Å². The van der Waals surface area contributed by atoms with Gasteiger partial charge < -0.3 is 14.6 Å². The highest BCUT2D eigenvalue weighted by atomic mass is 35.5. The van der Waals surface area contributed by atoms with Gasteiger partial charge in [-0.25, -0.2) is 9.80 Å². The van der Waals surface area contributed by atoms with Crippen LogP contribution in [-0.2, 0) is 0 Å². The molecule has 0 saturated carbocycles. The number of aromatic nitrogens is 1. The molecule has 0 bridgehead atoms. The standard InChI is InChI=1S/C21H16ClF3N4O3/c1-12-10-18(32-28-12)17-11-29(27-19(17)13-2-4-14(22)5-3-13)20(30)26-15-6-8-16(9-7-15)31-21(23,24)25/h2-10,17H,11H2,1H3,(H,26,30). The SMILES string of the molecule is Cc1cc(C2CN(C(=O)Nc3ccc(OC(F)(F)F)cc3)N=C2c2ccc(Cl)cc2)on1. The van der Waals surface area contributed by atoms with Crippen molar-refractivity contribution in [3.05, 3.63) is 76.6 Å². The van der Waals surface area contributed by atoms with Gasteiger partial charge in [-0.3, -0.25) is 0 Å². The Bertz CT molecular complexity index is 1140. The maximum Gasteiger partial charge on any atom is 0.573 e. The third-order valence-electron chi connectivity index (χ3n) is 4.62. The molecule has 166 valence electrons. The minimum atomic E-state index is -4.79. The fraction of sp³-hybridized carbons (Fsp3) is 0.190. The van der Waals surface area contributed by atoms with Crippen LogP contribution in [0.5, 0.6) is 5.75 Å². The smallest absolute Gasteiger partial charge is 0.406 e. The number of carbonyl (C=O) groups is 1. The number of nitrogens with zero attached hydrogens (tertiary/aromatic N) is 3. The molecule has 1 aliphatic rings. The molecule has 2 heterocycles. The van der Waals surface area contributed by atoms with Crippen LogP contribution in [0.3, 0.4) is 0 Å². The Balaban J connectivity index is 1.53. The van der Waals surface area contributed by atoms with Crippen LogP contribution in [0.2, 0.25) is 5.02 Å². The summed E-state index contributed by atoms with van der Waals surface area (Å²) in [4.78, 5) is 12.8. The largest absolute Gasteiger partial charge is 0.573 e. The molecule has 1 aromatic heterocycles. The highest BCUT2D eigenvalue weighted by Gasteiger charge is 2.35. The summed E-state index contributed by atoms with van der Waals surface area (Å²) in [5, 5.41) is 12.8. The molecule has 0 radical (unpaired) electrons. The van der Waals surface area contributed by atoms with E-state index in [4.69, 9.17) is 16.1 Å². The monoisotopic (exact) mass is 464 g/mol. The number of carbonyl (C=O) groups excluding carboxylic acids is 1. The predicted molar refractivity (Wildman–Crippen MR) is 111 cm³/mol. The lowest BCUT2D eigenvalue weighted by atomic mass is 9.95. The van der Waals surface area contributed by atoms with Gasteiger partial charge in [-0.2, -0.15) is 5.10 Å². The van der Waals surface area contributed by atoms with Crippen molar-refractivity contribution < 1.29 is 27.2 Å². The fourth-order valence-electron chi connectivity index (χ4n) is 3.21. The van der Waals surface area contributed by atoms with E-state index in [1.54, 1.807) is 37.3 Å². The number of hydrogen-bond donors (Lipinski definition) is 1. The van der Waals surface area contributed by atoms with Crippen LogP contribution in [0, 0.1) is 6.92 Å². The molecule has 0 spiro atoms. The Kier molecular flexibility index (Phi) is 5.79. The maximum atomic E-state index is 12.8. The van der Waals surface area contributed by atoms with Gasteiger partial charge in [0.25, 0.3) is 0 Å². The Hall–Kier alpha value is -3.53. The lowest BCUT2D eigenvalue weighted by Gasteiger charge is -2.15. The van der Waals surface area contributed by atoms with Crippen LogP contribution in [0.25, 0.3) is 0 Å². The average Bonchev–Trinajstić information content (AvgIpc) is 3.35. The van der Waals surface area contributed by atoms with Crippen molar-refractivity contribution >= 4 is 29.0 Å². The summed E-state index contributed by atoms with van der Waals surface area (Å²) >= 11 is 5.98. The maximum absolute atomic E-state index is 12.8. The molecular formula is C21H16ClF3N4O3. The van der Waals surface area contributed by atoms with Gasteiger partial charge in [0.2, 0.25) is 0 Å². The molecule has 0 fully saturated rings. The minimum absolute atomic E-state index is 0.188. The molecule has 1 aliphatic heterocycles. The van der Waals surface area contributed by atoms with E-state index >= 15 is 0 Å². The first-order chi connectivity index (χ1) is 15.2. The molecule has 3 aromatic rings. The Morgan fingerprint density at radius 1 is 1.19 bits per heavy atom. The minimum Gasteiger partial charge on any atom is -0.406 e. The molecule has 32 heavy (non-hydrogen) atoms. The number of aryl methyl sites for hydroxylation is 1. The van der Waals surface area contributed by atoms with E-state index < -0.39 is 12.4 Å². The second-order valence-electron chi connectivity index (χ2n) is 7.00. The number of nitrogens with one attached hydrogen (secondary N) is 1. The summed E-state index contributed by atoms with van der Waals surface area (Å²) in [6, 6.07) is 13.1. The average molecular weight is 465 g/mol. The highest BCUT2D eigenvalue weighted by molar-refractivity contribution is 6.30. The zero-order valence-electron chi connectivity index (χ0n) is 16.6. The molecule has 1 N–H and O–H groups in total. The molecule has 2 aromatic carbocycles. The lowest BCUT2D eigenvalue weighted by molar-refractivity contribution is -0.274. The topological polar surface area (TPSA) is 80.0 Å². The van der Waals surface area contributed by atoms with Crippen molar-refractivity contribution in [3.8, 4) is 5.75 Å². The first-order valence-electron chi connectivity index (χ1n) is 9.40. The molecule has 0 aliphatic carbocycles. The summed E-state index contributed by atoms with van der Waals surface area (Å²) < 4.78 is 46.1. The van der Waals surface area contributed by atoms with Crippen LogP contribution in [0.15, 0.2) is 64.2 Å². The molecule has 11 heteroatoms. The van der Waals surface area contributed by atoms with Crippen molar-refractivity contribution in [1.82, 2.24) is 10.2 Å². The summed E-state index contributed by atoms with van der Waals surface area (Å²) in [7, 11) is 0. The van der Waals surface area contributed by atoms with Gasteiger partial charge in [-0.15, -0.1) is 13.2 Å². The van der Waals surface area contributed by atoms with Gasteiger partial charge >= 0.3 is 12.4 Å². The Labute approximate surface area is 185 Å². The Morgan fingerprint density at radius 2 is 1.88 bits per heavy atom. The van der Waals surface area contributed by atoms with Gasteiger partial charge in [0.1, 0.15) is 11.5 Å². The number of hydrazone groups is 1. The van der Waals surface area contributed by atoms with Crippen LogP contribution in [0.1, 0.15) is 22.9 Å². The zero-order valence-corrected chi connectivity index (χ0v) is 17.3. The third-order valence-corrected chi connectivity index (χ3v) is 4.87. The zero-order chi connectivity index (χ0) is 22.9. The third kappa shape index (κ3) is 5.02. The van der Waals surface area contributed by atoms with Gasteiger partial charge in [-0.05, 0) is 48.9 Å². The van der Waals surface area contributed by atoms with E-state index in [0.29, 0.717) is 22.2 Å². The second kappa shape index (κ2) is 8.54. The van der Waals surface area contributed by atoms with E-state index in [1.807, 2.05) is 0 Å². The number of benzene rings is 2. The van der Waals surface area contributed by atoms with E-state index in [2.05, 4.69) is 20.3 Å². The highest BCUT2D eigenvalue weighted by Crippen LogP contribution is 2.30. The molecule has 0 saturated heterocycles. The number of urea groups is 1. The summed E-state index contributed by atoms with van der Waals surface area (Å²) in [6.45, 7) is 1.98. The number of rotatable bonds is 4. The molecule has 2 amide bonds. The number of alkyl halides is 3.